The standard InChI is InChI=1S/C21H13F4N3O6/c1-27-17(21(23,24)25)8-18(29)28(20(27)32)15-7-16(11(9-26)5-14(15)22)34-13-4-2-3-12(6-13)33-10-19(30)31/h2-8H,10H2,1H3,(H,30,31)/p-1. The Labute approximate surface area is 187 Å². The van der Waals surface area contributed by atoms with Crippen molar-refractivity contribution in [3.63, 3.8) is 0 Å². The van der Waals surface area contributed by atoms with Gasteiger partial charge in [0, 0.05) is 25.2 Å². The number of rotatable bonds is 6. The second-order valence-corrected chi connectivity index (χ2v) is 6.69. The second kappa shape index (κ2) is 9.10. The molecule has 0 aliphatic heterocycles. The van der Waals surface area contributed by atoms with Crippen molar-refractivity contribution < 1.29 is 36.9 Å². The van der Waals surface area contributed by atoms with Gasteiger partial charge < -0.3 is 19.4 Å². The first-order chi connectivity index (χ1) is 15.9. The Kier molecular flexibility index (Phi) is 6.44. The highest BCUT2D eigenvalue weighted by molar-refractivity contribution is 5.66. The summed E-state index contributed by atoms with van der Waals surface area (Å²) in [6, 6.07) is 8.65. The number of carbonyl (C=O) groups excluding carboxylic acids is 1. The summed E-state index contributed by atoms with van der Waals surface area (Å²) < 4.78 is 64.7. The van der Waals surface area contributed by atoms with Gasteiger partial charge in [-0.3, -0.25) is 9.36 Å². The van der Waals surface area contributed by atoms with Crippen molar-refractivity contribution >= 4 is 5.97 Å². The van der Waals surface area contributed by atoms with E-state index in [1.165, 1.54) is 24.3 Å². The number of carbonyl (C=O) groups is 1. The van der Waals surface area contributed by atoms with Crippen molar-refractivity contribution in [1.82, 2.24) is 9.13 Å². The van der Waals surface area contributed by atoms with Crippen LogP contribution in [0.1, 0.15) is 11.3 Å². The Morgan fingerprint density at radius 3 is 2.44 bits per heavy atom. The number of hydrogen-bond acceptors (Lipinski definition) is 7. The zero-order valence-electron chi connectivity index (χ0n) is 17.1. The van der Waals surface area contributed by atoms with Gasteiger partial charge in [0.1, 0.15) is 41.4 Å². The summed E-state index contributed by atoms with van der Waals surface area (Å²) in [5, 5.41) is 19.8. The molecule has 0 radical (unpaired) electrons. The largest absolute Gasteiger partial charge is 0.546 e. The molecule has 13 heteroatoms. The minimum absolute atomic E-state index is 0.00225. The van der Waals surface area contributed by atoms with Crippen LogP contribution >= 0.6 is 0 Å². The molecule has 0 aliphatic rings. The van der Waals surface area contributed by atoms with Crippen LogP contribution in [0.4, 0.5) is 17.6 Å². The Morgan fingerprint density at radius 2 is 1.82 bits per heavy atom. The normalized spacial score (nSPS) is 11.1. The molecule has 0 unspecified atom stereocenters. The number of carboxylic acids is 1. The highest BCUT2D eigenvalue weighted by Crippen LogP contribution is 2.31. The first-order valence-corrected chi connectivity index (χ1v) is 9.17. The number of ether oxygens (including phenoxy) is 2. The molecule has 0 fully saturated rings. The monoisotopic (exact) mass is 478 g/mol. The number of nitrogens with zero attached hydrogens (tertiary/aromatic N) is 3. The van der Waals surface area contributed by atoms with Crippen LogP contribution in [0.25, 0.3) is 5.69 Å². The molecule has 0 atom stereocenters. The molecular weight excluding hydrogens is 466 g/mol. The van der Waals surface area contributed by atoms with E-state index in [0.29, 0.717) is 6.07 Å². The average Bonchev–Trinajstić information content (AvgIpc) is 2.76. The summed E-state index contributed by atoms with van der Waals surface area (Å²) >= 11 is 0. The number of halogens is 4. The summed E-state index contributed by atoms with van der Waals surface area (Å²) in [4.78, 5) is 35.3. The van der Waals surface area contributed by atoms with Gasteiger partial charge in [-0.1, -0.05) is 6.07 Å². The average molecular weight is 478 g/mol. The summed E-state index contributed by atoms with van der Waals surface area (Å²) in [5.41, 5.74) is -5.58. The SMILES string of the molecule is Cn1c(C(F)(F)F)cc(=O)n(-c2cc(Oc3cccc(OCC(=O)[O-])c3)c(C#N)cc2F)c1=O. The van der Waals surface area contributed by atoms with Crippen molar-refractivity contribution in [3.8, 4) is 29.0 Å². The fourth-order valence-electron chi connectivity index (χ4n) is 2.90. The van der Waals surface area contributed by atoms with Crippen LogP contribution in [0, 0.1) is 17.1 Å². The maximum absolute atomic E-state index is 14.7. The van der Waals surface area contributed by atoms with Crippen LogP contribution < -0.4 is 25.8 Å². The number of alkyl halides is 3. The number of carboxylic acid groups (broad SMARTS) is 1. The van der Waals surface area contributed by atoms with Crippen LogP contribution in [0.3, 0.4) is 0 Å². The molecule has 1 aromatic heterocycles. The fourth-order valence-corrected chi connectivity index (χ4v) is 2.90. The lowest BCUT2D eigenvalue weighted by atomic mass is 10.1. The van der Waals surface area contributed by atoms with Crippen LogP contribution in [-0.2, 0) is 18.0 Å². The van der Waals surface area contributed by atoms with Gasteiger partial charge in [0.2, 0.25) is 0 Å². The Bertz CT molecular complexity index is 1440. The third kappa shape index (κ3) is 4.90. The third-order valence-electron chi connectivity index (χ3n) is 4.41. The van der Waals surface area contributed by atoms with E-state index in [1.807, 2.05) is 0 Å². The molecular formula is C21H12F4N3O6-. The van der Waals surface area contributed by atoms with Gasteiger partial charge in [-0.05, 0) is 18.2 Å². The molecule has 0 amide bonds. The van der Waals surface area contributed by atoms with Gasteiger partial charge in [0.25, 0.3) is 5.56 Å². The maximum Gasteiger partial charge on any atom is 0.431 e. The van der Waals surface area contributed by atoms with Gasteiger partial charge in [-0.2, -0.15) is 18.4 Å². The third-order valence-corrected chi connectivity index (χ3v) is 4.41. The molecule has 0 N–H and O–H groups in total. The molecule has 0 saturated carbocycles. The maximum atomic E-state index is 14.7. The van der Waals surface area contributed by atoms with Gasteiger partial charge in [-0.25, -0.2) is 13.8 Å². The number of aromatic nitrogens is 2. The van der Waals surface area contributed by atoms with E-state index in [-0.39, 0.29) is 38.0 Å². The molecule has 3 rings (SSSR count). The van der Waals surface area contributed by atoms with Gasteiger partial charge in [-0.15, -0.1) is 0 Å². The van der Waals surface area contributed by atoms with Crippen molar-refractivity contribution in [2.24, 2.45) is 7.05 Å². The minimum Gasteiger partial charge on any atom is -0.546 e. The smallest absolute Gasteiger partial charge is 0.431 e. The summed E-state index contributed by atoms with van der Waals surface area (Å²) in [5.74, 6) is -3.02. The highest BCUT2D eigenvalue weighted by atomic mass is 19.4. The quantitative estimate of drug-likeness (QED) is 0.492. The van der Waals surface area contributed by atoms with Gasteiger partial charge in [0.15, 0.2) is 0 Å². The number of aliphatic carboxylic acids is 1. The second-order valence-electron chi connectivity index (χ2n) is 6.69. The lowest BCUT2D eigenvalue weighted by molar-refractivity contribution is -0.307. The molecule has 0 aliphatic carbocycles. The molecule has 0 spiro atoms. The van der Waals surface area contributed by atoms with Crippen molar-refractivity contribution in [1.29, 1.82) is 5.26 Å². The topological polar surface area (TPSA) is 126 Å². The Balaban J connectivity index is 2.11. The first kappa shape index (κ1) is 24.1. The van der Waals surface area contributed by atoms with Crippen molar-refractivity contribution in [2.75, 3.05) is 6.61 Å². The Hall–Kier alpha value is -4.60. The molecule has 34 heavy (non-hydrogen) atoms. The number of benzene rings is 2. The van der Waals surface area contributed by atoms with E-state index >= 15 is 0 Å². The highest BCUT2D eigenvalue weighted by Gasteiger charge is 2.35. The lowest BCUT2D eigenvalue weighted by Crippen LogP contribution is -2.41. The van der Waals surface area contributed by atoms with E-state index in [1.54, 1.807) is 6.07 Å². The van der Waals surface area contributed by atoms with E-state index in [0.717, 1.165) is 13.1 Å². The van der Waals surface area contributed by atoms with Gasteiger partial charge >= 0.3 is 11.9 Å². The summed E-state index contributed by atoms with van der Waals surface area (Å²) in [7, 11) is 0.762. The molecule has 0 bridgehead atoms. The fraction of sp³-hybridized carbons (Fsp3) is 0.143. The number of hydrogen-bond donors (Lipinski definition) is 0. The summed E-state index contributed by atoms with van der Waals surface area (Å²) in [6.07, 6.45) is -5.01. The zero-order chi connectivity index (χ0) is 25.2. The molecule has 9 nitrogen and oxygen atoms in total. The molecule has 0 saturated heterocycles. The lowest BCUT2D eigenvalue weighted by Gasteiger charge is -2.16. The molecule has 3 aromatic rings. The minimum atomic E-state index is -5.01. The van der Waals surface area contributed by atoms with E-state index in [2.05, 4.69) is 0 Å². The summed E-state index contributed by atoms with van der Waals surface area (Å²) in [6.45, 7) is -0.756. The Morgan fingerprint density at radius 1 is 1.15 bits per heavy atom. The van der Waals surface area contributed by atoms with Crippen molar-refractivity contribution in [2.45, 2.75) is 6.18 Å². The van der Waals surface area contributed by atoms with Gasteiger partial charge in [0.05, 0.1) is 17.2 Å². The molecule has 176 valence electrons. The van der Waals surface area contributed by atoms with Crippen LogP contribution in [0.15, 0.2) is 52.1 Å². The number of nitriles is 1. The first-order valence-electron chi connectivity index (χ1n) is 9.17. The van der Waals surface area contributed by atoms with Crippen LogP contribution in [0.2, 0.25) is 0 Å². The molecule has 1 heterocycles. The predicted octanol–water partition coefficient (Wildman–Crippen LogP) is 1.49. The molecule has 2 aromatic carbocycles. The van der Waals surface area contributed by atoms with Crippen LogP contribution in [0.5, 0.6) is 17.2 Å². The van der Waals surface area contributed by atoms with E-state index < -0.39 is 47.2 Å². The zero-order valence-corrected chi connectivity index (χ0v) is 17.1. The predicted molar refractivity (Wildman–Crippen MR) is 104 cm³/mol. The van der Waals surface area contributed by atoms with E-state index in [9.17, 15) is 42.3 Å². The van der Waals surface area contributed by atoms with Crippen LogP contribution in [-0.4, -0.2) is 21.7 Å². The van der Waals surface area contributed by atoms with E-state index in [4.69, 9.17) is 9.47 Å². The van der Waals surface area contributed by atoms with Crippen molar-refractivity contribution in [3.05, 3.63) is 80.4 Å².